The van der Waals surface area contributed by atoms with Gasteiger partial charge in [-0.3, -0.25) is 0 Å². The normalized spacial score (nSPS) is 14.2. The van der Waals surface area contributed by atoms with Gasteiger partial charge >= 0.3 is 6.18 Å². The molecule has 1 aromatic carbocycles. The molecule has 8 heteroatoms. The Labute approximate surface area is 121 Å². The monoisotopic (exact) mass is 329 g/mol. The van der Waals surface area contributed by atoms with Crippen LogP contribution in [0.2, 0.25) is 0 Å². The van der Waals surface area contributed by atoms with Crippen LogP contribution in [0.4, 0.5) is 13.2 Å². The molecule has 0 fully saturated rings. The summed E-state index contributed by atoms with van der Waals surface area (Å²) >= 11 is 5.71. The van der Waals surface area contributed by atoms with Crippen molar-refractivity contribution in [2.24, 2.45) is 0 Å². The lowest BCUT2D eigenvalue weighted by atomic mass is 10.2. The fraction of sp³-hybridized carbons (Fsp3) is 0.500. The van der Waals surface area contributed by atoms with Crippen molar-refractivity contribution < 1.29 is 21.6 Å². The summed E-state index contributed by atoms with van der Waals surface area (Å²) in [7, 11) is -3.93. The van der Waals surface area contributed by atoms with Crippen LogP contribution in [0.1, 0.15) is 25.3 Å². The van der Waals surface area contributed by atoms with Crippen LogP contribution < -0.4 is 4.72 Å². The maximum absolute atomic E-state index is 12.5. The zero-order valence-corrected chi connectivity index (χ0v) is 12.3. The van der Waals surface area contributed by atoms with Gasteiger partial charge in [-0.05, 0) is 38.0 Å². The molecule has 0 aliphatic rings. The van der Waals surface area contributed by atoms with Crippen LogP contribution in [0.25, 0.3) is 0 Å². The first-order valence-electron chi connectivity index (χ1n) is 5.94. The summed E-state index contributed by atoms with van der Waals surface area (Å²) in [4.78, 5) is -0.397. The molecule has 1 N–H and O–H groups in total. The van der Waals surface area contributed by atoms with Crippen LogP contribution in [0.15, 0.2) is 29.2 Å². The number of rotatable bonds is 6. The summed E-state index contributed by atoms with van der Waals surface area (Å²) < 4.78 is 63.5. The molecule has 1 atom stereocenters. The molecule has 0 saturated carbocycles. The SMILES string of the molecule is CC(Cl)CCCNS(=O)(=O)c1cccc(C(F)(F)F)c1. The van der Waals surface area contributed by atoms with Gasteiger partial charge in [0.15, 0.2) is 0 Å². The van der Waals surface area contributed by atoms with Crippen molar-refractivity contribution in [3.63, 3.8) is 0 Å². The molecule has 20 heavy (non-hydrogen) atoms. The number of halogens is 4. The van der Waals surface area contributed by atoms with Gasteiger partial charge in [0.1, 0.15) is 0 Å². The molecule has 1 rings (SSSR count). The van der Waals surface area contributed by atoms with E-state index in [-0.39, 0.29) is 11.9 Å². The highest BCUT2D eigenvalue weighted by atomic mass is 35.5. The molecular weight excluding hydrogens is 315 g/mol. The van der Waals surface area contributed by atoms with Gasteiger partial charge in [-0.2, -0.15) is 13.2 Å². The first kappa shape index (κ1) is 17.3. The zero-order valence-electron chi connectivity index (χ0n) is 10.7. The number of sulfonamides is 1. The van der Waals surface area contributed by atoms with E-state index in [1.807, 2.05) is 0 Å². The fourth-order valence-electron chi connectivity index (χ4n) is 1.51. The lowest BCUT2D eigenvalue weighted by Gasteiger charge is -2.10. The van der Waals surface area contributed by atoms with Crippen molar-refractivity contribution in [1.82, 2.24) is 4.72 Å². The molecule has 0 bridgehead atoms. The van der Waals surface area contributed by atoms with E-state index in [2.05, 4.69) is 4.72 Å². The van der Waals surface area contributed by atoms with Crippen LogP contribution >= 0.6 is 11.6 Å². The Morgan fingerprint density at radius 2 is 2.00 bits per heavy atom. The third-order valence-corrected chi connectivity index (χ3v) is 4.22. The van der Waals surface area contributed by atoms with Gasteiger partial charge in [-0.1, -0.05) is 6.07 Å². The van der Waals surface area contributed by atoms with Gasteiger partial charge in [0.2, 0.25) is 10.0 Å². The van der Waals surface area contributed by atoms with Crippen LogP contribution in [0.5, 0.6) is 0 Å². The molecule has 1 unspecified atom stereocenters. The smallest absolute Gasteiger partial charge is 0.211 e. The molecule has 0 aliphatic heterocycles. The molecule has 0 aliphatic carbocycles. The highest BCUT2D eigenvalue weighted by molar-refractivity contribution is 7.89. The van der Waals surface area contributed by atoms with Gasteiger partial charge < -0.3 is 0 Å². The lowest BCUT2D eigenvalue weighted by Crippen LogP contribution is -2.25. The average Bonchev–Trinajstić information content (AvgIpc) is 2.34. The Hall–Kier alpha value is -0.790. The topological polar surface area (TPSA) is 46.2 Å². The number of alkyl halides is 4. The molecule has 3 nitrogen and oxygen atoms in total. The van der Waals surface area contributed by atoms with Crippen LogP contribution in [0, 0.1) is 0 Å². The summed E-state index contributed by atoms with van der Waals surface area (Å²) in [6.45, 7) is 1.92. The van der Waals surface area contributed by atoms with Crippen molar-refractivity contribution in [3.05, 3.63) is 29.8 Å². The number of benzene rings is 1. The fourth-order valence-corrected chi connectivity index (χ4v) is 2.79. The van der Waals surface area contributed by atoms with Crippen LogP contribution in [0.3, 0.4) is 0 Å². The Bertz CT molecular complexity index is 544. The van der Waals surface area contributed by atoms with E-state index in [4.69, 9.17) is 11.6 Å². The minimum Gasteiger partial charge on any atom is -0.211 e. The third kappa shape index (κ3) is 5.30. The van der Waals surface area contributed by atoms with Crippen molar-refractivity contribution in [2.75, 3.05) is 6.54 Å². The first-order chi connectivity index (χ1) is 9.13. The molecule has 0 amide bonds. The van der Waals surface area contributed by atoms with Crippen molar-refractivity contribution >= 4 is 21.6 Å². The molecule has 0 spiro atoms. The summed E-state index contributed by atoms with van der Waals surface area (Å²) in [5.41, 5.74) is -0.991. The maximum Gasteiger partial charge on any atom is 0.416 e. The summed E-state index contributed by atoms with van der Waals surface area (Å²) in [6.07, 6.45) is -3.44. The summed E-state index contributed by atoms with van der Waals surface area (Å²) in [5.74, 6) is 0. The number of hydrogen-bond acceptors (Lipinski definition) is 2. The van der Waals surface area contributed by atoms with Crippen molar-refractivity contribution in [1.29, 1.82) is 0 Å². The second kappa shape index (κ2) is 6.78. The Balaban J connectivity index is 2.78. The summed E-state index contributed by atoms with van der Waals surface area (Å²) in [5, 5.41) is -0.0759. The zero-order chi connectivity index (χ0) is 15.4. The lowest BCUT2D eigenvalue weighted by molar-refractivity contribution is -0.137. The van der Waals surface area contributed by atoms with Gasteiger partial charge in [0, 0.05) is 11.9 Å². The Kier molecular flexibility index (Phi) is 5.85. The van der Waals surface area contributed by atoms with Gasteiger partial charge in [-0.15, -0.1) is 11.6 Å². The molecule has 0 saturated heterocycles. The van der Waals surface area contributed by atoms with Gasteiger partial charge in [-0.25, -0.2) is 13.1 Å². The molecule has 1 aromatic rings. The third-order valence-electron chi connectivity index (χ3n) is 2.54. The van der Waals surface area contributed by atoms with E-state index in [1.165, 1.54) is 0 Å². The maximum atomic E-state index is 12.5. The second-order valence-corrected chi connectivity index (χ2v) is 6.86. The predicted molar refractivity (Wildman–Crippen MR) is 71.2 cm³/mol. The van der Waals surface area contributed by atoms with E-state index in [9.17, 15) is 21.6 Å². The highest BCUT2D eigenvalue weighted by Gasteiger charge is 2.31. The molecule has 0 radical (unpaired) electrons. The second-order valence-electron chi connectivity index (χ2n) is 4.35. The van der Waals surface area contributed by atoms with Gasteiger partial charge in [0.25, 0.3) is 0 Å². The van der Waals surface area contributed by atoms with Crippen molar-refractivity contribution in [3.8, 4) is 0 Å². The van der Waals surface area contributed by atoms with E-state index >= 15 is 0 Å². The average molecular weight is 330 g/mol. The Morgan fingerprint density at radius 1 is 1.35 bits per heavy atom. The molecular formula is C12H15ClF3NO2S. The molecule has 0 heterocycles. The first-order valence-corrected chi connectivity index (χ1v) is 7.86. The molecule has 0 aromatic heterocycles. The highest BCUT2D eigenvalue weighted by Crippen LogP contribution is 2.30. The van der Waals surface area contributed by atoms with E-state index in [1.54, 1.807) is 6.92 Å². The molecule has 114 valence electrons. The minimum absolute atomic E-state index is 0.0759. The van der Waals surface area contributed by atoms with E-state index in [0.29, 0.717) is 18.9 Å². The van der Waals surface area contributed by atoms with Crippen molar-refractivity contribution in [2.45, 2.75) is 36.2 Å². The quantitative estimate of drug-likeness (QED) is 0.642. The largest absolute Gasteiger partial charge is 0.416 e. The summed E-state index contributed by atoms with van der Waals surface area (Å²) in [6, 6.07) is 3.64. The van der Waals surface area contributed by atoms with Crippen LogP contribution in [-0.4, -0.2) is 20.3 Å². The van der Waals surface area contributed by atoms with E-state index < -0.39 is 26.7 Å². The Morgan fingerprint density at radius 3 is 2.55 bits per heavy atom. The number of nitrogens with one attached hydrogen (secondary N) is 1. The van der Waals surface area contributed by atoms with Gasteiger partial charge in [0.05, 0.1) is 10.5 Å². The van der Waals surface area contributed by atoms with E-state index in [0.717, 1.165) is 18.2 Å². The minimum atomic E-state index is -4.57. The van der Waals surface area contributed by atoms with Crippen LogP contribution in [-0.2, 0) is 16.2 Å². The standard InChI is InChI=1S/C12H15ClF3NO2S/c1-9(13)4-3-7-17-20(18,19)11-6-2-5-10(8-11)12(14,15)16/h2,5-6,8-9,17H,3-4,7H2,1H3. The predicted octanol–water partition coefficient (Wildman–Crippen LogP) is 3.39. The number of hydrogen-bond donors (Lipinski definition) is 1.